The van der Waals surface area contributed by atoms with Crippen molar-refractivity contribution in [1.82, 2.24) is 0 Å². The van der Waals surface area contributed by atoms with Gasteiger partial charge in [0.2, 0.25) is 0 Å². The van der Waals surface area contributed by atoms with E-state index >= 15 is 0 Å². The number of hydrogen-bond acceptors (Lipinski definition) is 0. The highest BCUT2D eigenvalue weighted by molar-refractivity contribution is 5.21. The monoisotopic (exact) mass is 205 g/mol. The third-order valence-corrected chi connectivity index (χ3v) is 4.75. The first-order valence-corrected chi connectivity index (χ1v) is 6.46. The maximum absolute atomic E-state index is 2.50. The van der Waals surface area contributed by atoms with Gasteiger partial charge in [-0.25, -0.2) is 0 Å². The summed E-state index contributed by atoms with van der Waals surface area (Å²) < 4.78 is 0. The van der Waals surface area contributed by atoms with Crippen LogP contribution in [0.25, 0.3) is 0 Å². The second-order valence-corrected chi connectivity index (χ2v) is 6.53. The molecule has 0 N–H and O–H groups in total. The second-order valence-electron chi connectivity index (χ2n) is 6.53. The molecule has 0 heteroatoms. The summed E-state index contributed by atoms with van der Waals surface area (Å²) in [5.74, 6) is 1.86. The summed E-state index contributed by atoms with van der Waals surface area (Å²) in [6.45, 7) is 9.68. The van der Waals surface area contributed by atoms with Crippen molar-refractivity contribution in [2.75, 3.05) is 0 Å². The molecule has 0 heterocycles. The van der Waals surface area contributed by atoms with E-state index < -0.39 is 0 Å². The molecule has 84 valence electrons. The van der Waals surface area contributed by atoms with Gasteiger partial charge >= 0.3 is 0 Å². The van der Waals surface area contributed by atoms with Gasteiger partial charge in [-0.2, -0.15) is 0 Å². The lowest BCUT2D eigenvalue weighted by Crippen LogP contribution is -2.33. The summed E-state index contributed by atoms with van der Waals surface area (Å²) >= 11 is 0. The number of rotatable bonds is 1. The van der Waals surface area contributed by atoms with Crippen molar-refractivity contribution < 1.29 is 0 Å². The number of allylic oxidation sites excluding steroid dienone is 2. The third-order valence-electron chi connectivity index (χ3n) is 4.75. The minimum Gasteiger partial charge on any atom is -0.0808 e. The van der Waals surface area contributed by atoms with Crippen molar-refractivity contribution in [2.24, 2.45) is 10.8 Å². The molecule has 0 bridgehead atoms. The van der Waals surface area contributed by atoms with Gasteiger partial charge in [0.1, 0.15) is 16.7 Å². The maximum atomic E-state index is 2.50. The van der Waals surface area contributed by atoms with Crippen LogP contribution < -0.4 is 0 Å². The summed E-state index contributed by atoms with van der Waals surface area (Å²) in [6, 6.07) is 0. The first-order valence-electron chi connectivity index (χ1n) is 6.46. The molecule has 0 aromatic carbocycles. The van der Waals surface area contributed by atoms with Gasteiger partial charge in [0.25, 0.3) is 0 Å². The fraction of sp³-hybridized carbons (Fsp3) is 0.800. The normalized spacial score (nSPS) is 35.5. The fourth-order valence-electron chi connectivity index (χ4n) is 3.67. The Kier molecular flexibility index (Phi) is 2.65. The quantitative estimate of drug-likeness (QED) is 0.421. The Morgan fingerprint density at radius 1 is 1.20 bits per heavy atom. The minimum absolute atomic E-state index is 0.508. The molecule has 0 aromatic rings. The molecular weight excluding hydrogens is 180 g/mol. The van der Waals surface area contributed by atoms with Crippen molar-refractivity contribution in [3.8, 4) is 0 Å². The Bertz CT molecular complexity index is 272. The van der Waals surface area contributed by atoms with Gasteiger partial charge in [0, 0.05) is 6.42 Å². The molecule has 15 heavy (non-hydrogen) atoms. The molecule has 0 spiro atoms. The third kappa shape index (κ3) is 1.96. The highest BCUT2D eigenvalue weighted by atomic mass is 14.5. The summed E-state index contributed by atoms with van der Waals surface area (Å²) in [4.78, 5) is 0. The zero-order valence-electron chi connectivity index (χ0n) is 10.8. The molecule has 1 fully saturated rings. The molecule has 1 saturated carbocycles. The van der Waals surface area contributed by atoms with Gasteiger partial charge in [-0.3, -0.25) is 0 Å². The van der Waals surface area contributed by atoms with Gasteiger partial charge in [-0.1, -0.05) is 11.6 Å². The van der Waals surface area contributed by atoms with Crippen molar-refractivity contribution in [3.63, 3.8) is 0 Å². The summed E-state index contributed by atoms with van der Waals surface area (Å²) in [5.41, 5.74) is 2.62. The highest BCUT2D eigenvalue weighted by Crippen LogP contribution is 2.57. The van der Waals surface area contributed by atoms with E-state index in [-0.39, 0.29) is 0 Å². The lowest BCUT2D eigenvalue weighted by molar-refractivity contribution is 0.219. The Labute approximate surface area is 95.1 Å². The molecule has 0 amide bonds. The molecule has 0 aliphatic heterocycles. The van der Waals surface area contributed by atoms with Crippen LogP contribution in [0.1, 0.15) is 66.2 Å². The molecular formula is C15H25+. The van der Waals surface area contributed by atoms with E-state index in [9.17, 15) is 0 Å². The summed E-state index contributed by atoms with van der Waals surface area (Å²) in [7, 11) is 0. The Hall–Kier alpha value is -0.390. The molecule has 2 aliphatic carbocycles. The van der Waals surface area contributed by atoms with Crippen LogP contribution in [0.4, 0.5) is 0 Å². The van der Waals surface area contributed by atoms with E-state index in [1.54, 1.807) is 5.57 Å². The van der Waals surface area contributed by atoms with Crippen molar-refractivity contribution in [3.05, 3.63) is 17.6 Å². The maximum Gasteiger partial charge on any atom is 0.112 e. The SMILES string of the molecule is CC1=CC[C@@](C)([C+]2CCCC2(C)C)CC1. The molecule has 2 aliphatic rings. The van der Waals surface area contributed by atoms with Crippen LogP contribution in [0.15, 0.2) is 11.6 Å². The average molecular weight is 205 g/mol. The summed E-state index contributed by atoms with van der Waals surface area (Å²) in [5, 5.41) is 0. The van der Waals surface area contributed by atoms with E-state index in [0.717, 1.165) is 0 Å². The van der Waals surface area contributed by atoms with Crippen molar-refractivity contribution >= 4 is 0 Å². The number of hydrogen-bond donors (Lipinski definition) is 0. The van der Waals surface area contributed by atoms with E-state index in [2.05, 4.69) is 33.8 Å². The fourth-order valence-corrected chi connectivity index (χ4v) is 3.67. The van der Waals surface area contributed by atoms with Crippen LogP contribution in [-0.4, -0.2) is 0 Å². The van der Waals surface area contributed by atoms with Gasteiger partial charge < -0.3 is 0 Å². The van der Waals surface area contributed by atoms with Crippen LogP contribution in [0.2, 0.25) is 0 Å². The predicted molar refractivity (Wildman–Crippen MR) is 66.6 cm³/mol. The first-order chi connectivity index (χ1) is 6.94. The molecule has 0 nitrogen and oxygen atoms in total. The van der Waals surface area contributed by atoms with E-state index in [0.29, 0.717) is 10.8 Å². The van der Waals surface area contributed by atoms with Gasteiger partial charge in [-0.05, 0) is 53.4 Å². The Balaban J connectivity index is 2.16. The van der Waals surface area contributed by atoms with Crippen molar-refractivity contribution in [2.45, 2.75) is 66.2 Å². The Morgan fingerprint density at radius 2 is 1.93 bits per heavy atom. The highest BCUT2D eigenvalue weighted by Gasteiger charge is 2.56. The lowest BCUT2D eigenvalue weighted by Gasteiger charge is -2.35. The molecule has 2 rings (SSSR count). The van der Waals surface area contributed by atoms with Gasteiger partial charge in [-0.15, -0.1) is 0 Å². The minimum atomic E-state index is 0.508. The van der Waals surface area contributed by atoms with Crippen LogP contribution in [0.5, 0.6) is 0 Å². The van der Waals surface area contributed by atoms with Crippen LogP contribution in [0.3, 0.4) is 0 Å². The van der Waals surface area contributed by atoms with Gasteiger partial charge in [0.15, 0.2) is 0 Å². The molecule has 0 radical (unpaired) electrons. The van der Waals surface area contributed by atoms with Crippen LogP contribution in [0, 0.1) is 16.7 Å². The zero-order valence-corrected chi connectivity index (χ0v) is 10.8. The molecule has 1 atom stereocenters. The Morgan fingerprint density at radius 3 is 2.40 bits per heavy atom. The molecule has 0 saturated heterocycles. The van der Waals surface area contributed by atoms with E-state index in [1.807, 2.05) is 5.92 Å². The first kappa shape index (κ1) is 11.1. The summed E-state index contributed by atoms with van der Waals surface area (Å²) in [6.07, 6.45) is 10.7. The van der Waals surface area contributed by atoms with Crippen LogP contribution in [-0.2, 0) is 0 Å². The lowest BCUT2D eigenvalue weighted by atomic mass is 9.61. The van der Waals surface area contributed by atoms with E-state index in [1.165, 1.54) is 38.5 Å². The predicted octanol–water partition coefficient (Wildman–Crippen LogP) is 4.91. The largest absolute Gasteiger partial charge is 0.112 e. The zero-order chi connectivity index (χ0) is 11.1. The molecule has 0 unspecified atom stereocenters. The topological polar surface area (TPSA) is 0 Å². The standard InChI is InChI=1S/C15H25/c1-12-7-10-15(4,11-8-12)13-6-5-9-14(13,2)3/h7H,5-6,8-11H2,1-4H3/q+1/t15-/m1/s1. The molecule has 0 aromatic heterocycles. The van der Waals surface area contributed by atoms with Crippen molar-refractivity contribution in [1.29, 1.82) is 0 Å². The average Bonchev–Trinajstić information content (AvgIpc) is 2.52. The second kappa shape index (κ2) is 3.57. The van der Waals surface area contributed by atoms with Crippen LogP contribution >= 0.6 is 0 Å². The van der Waals surface area contributed by atoms with E-state index in [4.69, 9.17) is 0 Å². The van der Waals surface area contributed by atoms with Gasteiger partial charge in [0.05, 0.1) is 6.42 Å². The smallest absolute Gasteiger partial charge is 0.0808 e.